The van der Waals surface area contributed by atoms with Crippen LogP contribution >= 0.6 is 0 Å². The maximum atomic E-state index is 13.1. The number of likely N-dealkylation sites (tertiary alicyclic amines) is 1. The summed E-state index contributed by atoms with van der Waals surface area (Å²) in [5.74, 6) is 0.0868. The zero-order valence-electron chi connectivity index (χ0n) is 13.2. The first kappa shape index (κ1) is 15.0. The maximum absolute atomic E-state index is 13.1. The van der Waals surface area contributed by atoms with Crippen molar-refractivity contribution in [2.75, 3.05) is 6.54 Å². The molecule has 1 saturated heterocycles. The Kier molecular flexibility index (Phi) is 4.12. The highest BCUT2D eigenvalue weighted by atomic mass is 16.2. The molecule has 1 aromatic heterocycles. The standard InChI is InChI=1S/C18H23N3O/c1-12-11-15(14-7-3-4-8-16(14)20-12)18(22)21-10-6-5-9-17(21)13(2)19/h3-4,7-8,11,13,17H,5-6,9-10,19H2,1-2H3. The lowest BCUT2D eigenvalue weighted by Gasteiger charge is -2.38. The first-order valence-electron chi connectivity index (χ1n) is 8.01. The largest absolute Gasteiger partial charge is 0.334 e. The molecule has 4 nitrogen and oxygen atoms in total. The van der Waals surface area contributed by atoms with Gasteiger partial charge in [0.15, 0.2) is 0 Å². The summed E-state index contributed by atoms with van der Waals surface area (Å²) >= 11 is 0. The Morgan fingerprint density at radius 3 is 2.91 bits per heavy atom. The van der Waals surface area contributed by atoms with Crippen LogP contribution < -0.4 is 5.73 Å². The minimum atomic E-state index is -0.00144. The van der Waals surface area contributed by atoms with Gasteiger partial charge in [0.05, 0.1) is 11.1 Å². The molecule has 1 aromatic carbocycles. The molecular formula is C18H23N3O. The molecule has 0 bridgehead atoms. The van der Waals surface area contributed by atoms with E-state index in [1.165, 1.54) is 0 Å². The molecule has 2 N–H and O–H groups in total. The van der Waals surface area contributed by atoms with Gasteiger partial charge in [-0.1, -0.05) is 18.2 Å². The van der Waals surface area contributed by atoms with Crippen LogP contribution in [0.5, 0.6) is 0 Å². The molecule has 2 atom stereocenters. The van der Waals surface area contributed by atoms with E-state index >= 15 is 0 Å². The number of pyridine rings is 1. The average molecular weight is 297 g/mol. The van der Waals surface area contributed by atoms with Crippen molar-refractivity contribution in [1.82, 2.24) is 9.88 Å². The van der Waals surface area contributed by atoms with Gasteiger partial charge in [0, 0.05) is 29.7 Å². The zero-order valence-corrected chi connectivity index (χ0v) is 13.2. The van der Waals surface area contributed by atoms with Gasteiger partial charge >= 0.3 is 0 Å². The number of hydrogen-bond donors (Lipinski definition) is 1. The SMILES string of the molecule is Cc1cc(C(=O)N2CCCCC2C(C)N)c2ccccc2n1. The predicted molar refractivity (Wildman–Crippen MR) is 88.8 cm³/mol. The Bertz CT molecular complexity index is 696. The van der Waals surface area contributed by atoms with Crippen LogP contribution in [0.3, 0.4) is 0 Å². The number of piperidine rings is 1. The number of para-hydroxylation sites is 1. The lowest BCUT2D eigenvalue weighted by molar-refractivity contribution is 0.0585. The highest BCUT2D eigenvalue weighted by molar-refractivity contribution is 6.06. The monoisotopic (exact) mass is 297 g/mol. The molecule has 0 spiro atoms. The summed E-state index contributed by atoms with van der Waals surface area (Å²) in [5, 5.41) is 0.923. The molecule has 1 fully saturated rings. The van der Waals surface area contributed by atoms with Crippen molar-refractivity contribution >= 4 is 16.8 Å². The van der Waals surface area contributed by atoms with Crippen molar-refractivity contribution in [3.8, 4) is 0 Å². The van der Waals surface area contributed by atoms with Crippen LogP contribution in [0, 0.1) is 6.92 Å². The number of rotatable bonds is 2. The second kappa shape index (κ2) is 6.05. The van der Waals surface area contributed by atoms with Crippen molar-refractivity contribution in [2.24, 2.45) is 5.73 Å². The zero-order chi connectivity index (χ0) is 15.7. The summed E-state index contributed by atoms with van der Waals surface area (Å²) in [6, 6.07) is 9.87. The minimum Gasteiger partial charge on any atom is -0.334 e. The Labute approximate surface area is 131 Å². The van der Waals surface area contributed by atoms with E-state index < -0.39 is 0 Å². The number of carbonyl (C=O) groups is 1. The van der Waals surface area contributed by atoms with Crippen LogP contribution in [0.4, 0.5) is 0 Å². The molecule has 116 valence electrons. The molecule has 4 heteroatoms. The van der Waals surface area contributed by atoms with E-state index in [1.54, 1.807) is 0 Å². The Balaban J connectivity index is 2.04. The lowest BCUT2D eigenvalue weighted by Crippen LogP contribution is -2.51. The third kappa shape index (κ3) is 2.71. The summed E-state index contributed by atoms with van der Waals surface area (Å²) in [6.45, 7) is 4.72. The number of carbonyl (C=O) groups excluding carboxylic acids is 1. The van der Waals surface area contributed by atoms with Gasteiger partial charge in [-0.2, -0.15) is 0 Å². The van der Waals surface area contributed by atoms with Crippen LogP contribution in [0.25, 0.3) is 10.9 Å². The molecule has 2 unspecified atom stereocenters. The number of amides is 1. The van der Waals surface area contributed by atoms with Gasteiger partial charge in [0.2, 0.25) is 0 Å². The van der Waals surface area contributed by atoms with Gasteiger partial charge < -0.3 is 10.6 Å². The number of fused-ring (bicyclic) bond motifs is 1. The molecule has 2 heterocycles. The van der Waals surface area contributed by atoms with E-state index in [4.69, 9.17) is 5.73 Å². The molecule has 1 aliphatic rings. The number of nitrogens with two attached hydrogens (primary N) is 1. The molecule has 3 rings (SSSR count). The quantitative estimate of drug-likeness (QED) is 0.927. The summed E-state index contributed by atoms with van der Waals surface area (Å²) in [4.78, 5) is 19.6. The number of aryl methyl sites for hydroxylation is 1. The molecule has 0 radical (unpaired) electrons. The Hall–Kier alpha value is -1.94. The molecule has 1 aliphatic heterocycles. The van der Waals surface area contributed by atoms with Crippen molar-refractivity contribution in [1.29, 1.82) is 0 Å². The lowest BCUT2D eigenvalue weighted by atomic mass is 9.95. The number of hydrogen-bond acceptors (Lipinski definition) is 3. The van der Waals surface area contributed by atoms with Crippen LogP contribution in [0.15, 0.2) is 30.3 Å². The average Bonchev–Trinajstić information content (AvgIpc) is 2.53. The van der Waals surface area contributed by atoms with E-state index in [0.717, 1.165) is 48.0 Å². The second-order valence-electron chi connectivity index (χ2n) is 6.25. The molecular weight excluding hydrogens is 274 g/mol. The van der Waals surface area contributed by atoms with Crippen LogP contribution in [0.2, 0.25) is 0 Å². The topological polar surface area (TPSA) is 59.2 Å². The first-order valence-corrected chi connectivity index (χ1v) is 8.01. The van der Waals surface area contributed by atoms with E-state index in [-0.39, 0.29) is 18.0 Å². The fraction of sp³-hybridized carbons (Fsp3) is 0.444. The molecule has 0 aliphatic carbocycles. The number of nitrogens with zero attached hydrogens (tertiary/aromatic N) is 2. The van der Waals surface area contributed by atoms with Gasteiger partial charge in [-0.3, -0.25) is 9.78 Å². The predicted octanol–water partition coefficient (Wildman–Crippen LogP) is 2.89. The Morgan fingerprint density at radius 2 is 2.14 bits per heavy atom. The normalized spacial score (nSPS) is 20.1. The highest BCUT2D eigenvalue weighted by Crippen LogP contribution is 2.25. The maximum Gasteiger partial charge on any atom is 0.254 e. The molecule has 0 saturated carbocycles. The fourth-order valence-corrected chi connectivity index (χ4v) is 3.40. The van der Waals surface area contributed by atoms with Gasteiger partial charge in [0.25, 0.3) is 5.91 Å². The van der Waals surface area contributed by atoms with Crippen LogP contribution in [-0.2, 0) is 0 Å². The van der Waals surface area contributed by atoms with Crippen molar-refractivity contribution in [3.63, 3.8) is 0 Å². The minimum absolute atomic E-state index is 0.00144. The Morgan fingerprint density at radius 1 is 1.36 bits per heavy atom. The summed E-state index contributed by atoms with van der Waals surface area (Å²) in [7, 11) is 0. The molecule has 2 aromatic rings. The second-order valence-corrected chi connectivity index (χ2v) is 6.25. The smallest absolute Gasteiger partial charge is 0.254 e. The molecule has 1 amide bonds. The van der Waals surface area contributed by atoms with E-state index in [9.17, 15) is 4.79 Å². The van der Waals surface area contributed by atoms with E-state index in [0.29, 0.717) is 0 Å². The summed E-state index contributed by atoms with van der Waals surface area (Å²) in [5.41, 5.74) is 8.60. The van der Waals surface area contributed by atoms with Gasteiger partial charge in [-0.25, -0.2) is 0 Å². The summed E-state index contributed by atoms with van der Waals surface area (Å²) in [6.07, 6.45) is 3.19. The fourth-order valence-electron chi connectivity index (χ4n) is 3.40. The summed E-state index contributed by atoms with van der Waals surface area (Å²) < 4.78 is 0. The third-order valence-corrected chi connectivity index (χ3v) is 4.49. The number of aromatic nitrogens is 1. The van der Waals surface area contributed by atoms with Gasteiger partial charge in [-0.05, 0) is 45.2 Å². The third-order valence-electron chi connectivity index (χ3n) is 4.49. The number of benzene rings is 1. The van der Waals surface area contributed by atoms with Crippen LogP contribution in [0.1, 0.15) is 42.2 Å². The van der Waals surface area contributed by atoms with E-state index in [1.807, 2.05) is 49.1 Å². The van der Waals surface area contributed by atoms with Gasteiger partial charge in [-0.15, -0.1) is 0 Å². The molecule has 22 heavy (non-hydrogen) atoms. The van der Waals surface area contributed by atoms with Crippen LogP contribution in [-0.4, -0.2) is 34.4 Å². The van der Waals surface area contributed by atoms with Gasteiger partial charge in [0.1, 0.15) is 0 Å². The van der Waals surface area contributed by atoms with Crippen molar-refractivity contribution in [3.05, 3.63) is 41.6 Å². The highest BCUT2D eigenvalue weighted by Gasteiger charge is 2.30. The van der Waals surface area contributed by atoms with Crippen molar-refractivity contribution < 1.29 is 4.79 Å². The van der Waals surface area contributed by atoms with Crippen molar-refractivity contribution in [2.45, 2.75) is 45.2 Å². The van der Waals surface area contributed by atoms with E-state index in [2.05, 4.69) is 4.98 Å². The first-order chi connectivity index (χ1) is 10.6.